The summed E-state index contributed by atoms with van der Waals surface area (Å²) >= 11 is 0. The Hall–Kier alpha value is -2.67. The molecular formula is C26H36N2O5. The van der Waals surface area contributed by atoms with E-state index < -0.39 is 41.3 Å². The van der Waals surface area contributed by atoms with Gasteiger partial charge in [0.2, 0.25) is 11.8 Å². The number of nitrogens with one attached hydrogen (secondary N) is 1. The minimum Gasteiger partial charge on any atom is -0.466 e. The van der Waals surface area contributed by atoms with Crippen molar-refractivity contribution in [1.29, 1.82) is 0 Å². The van der Waals surface area contributed by atoms with E-state index in [1.807, 2.05) is 70.2 Å². The van der Waals surface area contributed by atoms with E-state index in [0.29, 0.717) is 6.42 Å². The zero-order chi connectivity index (χ0) is 24.3. The lowest BCUT2D eigenvalue weighted by atomic mass is 9.70. The van der Waals surface area contributed by atoms with Crippen molar-refractivity contribution >= 4 is 17.8 Å². The van der Waals surface area contributed by atoms with Crippen LogP contribution in [0.2, 0.25) is 0 Å². The summed E-state index contributed by atoms with van der Waals surface area (Å²) in [6.45, 7) is 9.22. The second-order valence-corrected chi connectivity index (χ2v) is 10.1. The van der Waals surface area contributed by atoms with Crippen LogP contribution in [-0.4, -0.2) is 58.6 Å². The van der Waals surface area contributed by atoms with Crippen molar-refractivity contribution in [1.82, 2.24) is 10.2 Å². The lowest BCUT2D eigenvalue weighted by molar-refractivity contribution is -0.155. The Morgan fingerprint density at radius 1 is 1.18 bits per heavy atom. The summed E-state index contributed by atoms with van der Waals surface area (Å²) in [5.41, 5.74) is 0.463. The van der Waals surface area contributed by atoms with Crippen LogP contribution >= 0.6 is 0 Å². The molecule has 1 aliphatic carbocycles. The first kappa shape index (κ1) is 25.0. The maximum Gasteiger partial charge on any atom is 0.310 e. The zero-order valence-electron chi connectivity index (χ0n) is 20.2. The van der Waals surface area contributed by atoms with Crippen molar-refractivity contribution < 1.29 is 24.2 Å². The number of aliphatic hydroxyl groups excluding tert-OH is 1. The molecule has 33 heavy (non-hydrogen) atoms. The third kappa shape index (κ3) is 5.29. The standard InChI is InChI=1S/C26H36N2O5/c1-6-33-25(32)20-16(2)12-13-19-21(20)24(31)28(22(19)23(30)27-26(3,4)5)18(15-29)14-17-10-8-7-9-11-17/h7-13,16,18-22,29H,6,14-15H2,1-5H3,(H,27,30)/t16-,18-,19+,20-,21+,22+/m1/s1. The molecule has 2 amide bonds. The average Bonchev–Trinajstić information content (AvgIpc) is 3.04. The molecule has 180 valence electrons. The second kappa shape index (κ2) is 10.1. The van der Waals surface area contributed by atoms with Crippen LogP contribution in [0.1, 0.15) is 40.2 Å². The number of nitrogens with zero attached hydrogens (tertiary/aromatic N) is 1. The van der Waals surface area contributed by atoms with Gasteiger partial charge in [-0.1, -0.05) is 49.4 Å². The molecule has 0 spiro atoms. The normalized spacial score (nSPS) is 27.8. The van der Waals surface area contributed by atoms with E-state index in [0.717, 1.165) is 5.56 Å². The summed E-state index contributed by atoms with van der Waals surface area (Å²) in [6.07, 6.45) is 4.21. The van der Waals surface area contributed by atoms with Crippen LogP contribution in [0.25, 0.3) is 0 Å². The molecule has 1 saturated heterocycles. The van der Waals surface area contributed by atoms with Crippen molar-refractivity contribution in [3.8, 4) is 0 Å². The highest BCUT2D eigenvalue weighted by Gasteiger charge is 2.58. The van der Waals surface area contributed by atoms with Crippen LogP contribution in [0.3, 0.4) is 0 Å². The number of ether oxygens (including phenoxy) is 1. The maximum atomic E-state index is 13.9. The van der Waals surface area contributed by atoms with Crippen LogP contribution < -0.4 is 5.32 Å². The third-order valence-corrected chi connectivity index (χ3v) is 6.45. The first-order valence-corrected chi connectivity index (χ1v) is 11.7. The molecule has 7 nitrogen and oxygen atoms in total. The molecule has 3 rings (SSSR count). The first-order valence-electron chi connectivity index (χ1n) is 11.7. The fraction of sp³-hybridized carbons (Fsp3) is 0.577. The van der Waals surface area contributed by atoms with Crippen molar-refractivity contribution in [3.63, 3.8) is 0 Å². The lowest BCUT2D eigenvalue weighted by Gasteiger charge is -2.35. The Balaban J connectivity index is 2.03. The molecule has 0 radical (unpaired) electrons. The smallest absolute Gasteiger partial charge is 0.310 e. The van der Waals surface area contributed by atoms with E-state index in [9.17, 15) is 19.5 Å². The zero-order valence-corrected chi connectivity index (χ0v) is 20.2. The molecule has 0 aromatic heterocycles. The molecular weight excluding hydrogens is 420 g/mol. The van der Waals surface area contributed by atoms with Crippen molar-refractivity contribution in [3.05, 3.63) is 48.0 Å². The molecule has 1 aromatic carbocycles. The predicted octanol–water partition coefficient (Wildman–Crippen LogP) is 2.33. The van der Waals surface area contributed by atoms with Crippen LogP contribution in [0.5, 0.6) is 0 Å². The summed E-state index contributed by atoms with van der Waals surface area (Å²) in [6, 6.07) is 8.17. The van der Waals surface area contributed by atoms with Crippen molar-refractivity contribution in [2.75, 3.05) is 13.2 Å². The number of benzene rings is 1. The van der Waals surface area contributed by atoms with Crippen LogP contribution in [0, 0.1) is 23.7 Å². The van der Waals surface area contributed by atoms with Gasteiger partial charge in [0.1, 0.15) is 6.04 Å². The number of aliphatic hydroxyl groups is 1. The fourth-order valence-corrected chi connectivity index (χ4v) is 5.11. The van der Waals surface area contributed by atoms with Crippen LogP contribution in [0.4, 0.5) is 0 Å². The maximum absolute atomic E-state index is 13.9. The molecule has 7 heteroatoms. The van der Waals surface area contributed by atoms with Gasteiger partial charge in [0, 0.05) is 11.5 Å². The second-order valence-electron chi connectivity index (χ2n) is 10.1. The van der Waals surface area contributed by atoms with Gasteiger partial charge in [-0.05, 0) is 45.6 Å². The molecule has 2 N–H and O–H groups in total. The van der Waals surface area contributed by atoms with E-state index in [4.69, 9.17) is 4.74 Å². The molecule has 2 aliphatic rings. The number of allylic oxidation sites excluding steroid dienone is 1. The number of hydrogen-bond donors (Lipinski definition) is 2. The first-order chi connectivity index (χ1) is 15.6. The topological polar surface area (TPSA) is 95.9 Å². The fourth-order valence-electron chi connectivity index (χ4n) is 5.11. The molecule has 0 bridgehead atoms. The monoisotopic (exact) mass is 456 g/mol. The SMILES string of the molecule is CCOC(=O)[C@H]1[C@H]2C(=O)N([C@@H](CO)Cc3ccccc3)[C@H](C(=O)NC(C)(C)C)[C@H]2C=C[C@H]1C. The van der Waals surface area contributed by atoms with Gasteiger partial charge in [0.25, 0.3) is 0 Å². The number of likely N-dealkylation sites (tertiary alicyclic amines) is 1. The quantitative estimate of drug-likeness (QED) is 0.485. The number of carbonyl (C=O) groups excluding carboxylic acids is 3. The number of hydrogen-bond acceptors (Lipinski definition) is 5. The van der Waals surface area contributed by atoms with Gasteiger partial charge in [-0.2, -0.15) is 0 Å². The highest BCUT2D eigenvalue weighted by molar-refractivity contribution is 5.96. The van der Waals surface area contributed by atoms with Gasteiger partial charge >= 0.3 is 5.97 Å². The van der Waals surface area contributed by atoms with Gasteiger partial charge in [-0.3, -0.25) is 14.4 Å². The van der Waals surface area contributed by atoms with E-state index >= 15 is 0 Å². The Morgan fingerprint density at radius 3 is 2.42 bits per heavy atom. The highest BCUT2D eigenvalue weighted by Crippen LogP contribution is 2.45. The number of carbonyl (C=O) groups is 3. The summed E-state index contributed by atoms with van der Waals surface area (Å²) in [4.78, 5) is 41.7. The molecule has 1 heterocycles. The number of esters is 1. The van der Waals surface area contributed by atoms with Gasteiger partial charge in [0.05, 0.1) is 31.1 Å². The van der Waals surface area contributed by atoms with E-state index in [2.05, 4.69) is 5.32 Å². The lowest BCUT2D eigenvalue weighted by Crippen LogP contribution is -2.56. The highest BCUT2D eigenvalue weighted by atomic mass is 16.5. The van der Waals surface area contributed by atoms with Crippen molar-refractivity contribution in [2.45, 2.75) is 58.7 Å². The Morgan fingerprint density at radius 2 is 1.85 bits per heavy atom. The molecule has 1 fully saturated rings. The van der Waals surface area contributed by atoms with Gasteiger partial charge in [0.15, 0.2) is 0 Å². The number of rotatable bonds is 7. The van der Waals surface area contributed by atoms with E-state index in [1.165, 1.54) is 4.90 Å². The molecule has 1 aromatic rings. The van der Waals surface area contributed by atoms with Gasteiger partial charge in [-0.15, -0.1) is 0 Å². The minimum absolute atomic E-state index is 0.192. The molecule has 6 atom stereocenters. The van der Waals surface area contributed by atoms with Gasteiger partial charge < -0.3 is 20.1 Å². The largest absolute Gasteiger partial charge is 0.466 e. The summed E-state index contributed by atoms with van der Waals surface area (Å²) in [5, 5.41) is 13.3. The predicted molar refractivity (Wildman–Crippen MR) is 125 cm³/mol. The van der Waals surface area contributed by atoms with Crippen LogP contribution in [0.15, 0.2) is 42.5 Å². The number of amides is 2. The molecule has 1 aliphatic heterocycles. The Labute approximate surface area is 196 Å². The van der Waals surface area contributed by atoms with Crippen molar-refractivity contribution in [2.24, 2.45) is 23.7 Å². The van der Waals surface area contributed by atoms with E-state index in [-0.39, 0.29) is 30.9 Å². The molecule has 0 unspecified atom stereocenters. The summed E-state index contributed by atoms with van der Waals surface area (Å²) in [5.74, 6) is -3.02. The Kier molecular flexibility index (Phi) is 7.62. The average molecular weight is 457 g/mol. The number of fused-ring (bicyclic) bond motifs is 1. The molecule has 0 saturated carbocycles. The van der Waals surface area contributed by atoms with Crippen LogP contribution in [-0.2, 0) is 25.5 Å². The summed E-state index contributed by atoms with van der Waals surface area (Å²) in [7, 11) is 0. The third-order valence-electron chi connectivity index (χ3n) is 6.45. The summed E-state index contributed by atoms with van der Waals surface area (Å²) < 4.78 is 5.31. The van der Waals surface area contributed by atoms with Gasteiger partial charge in [-0.25, -0.2) is 0 Å². The Bertz CT molecular complexity index is 892. The van der Waals surface area contributed by atoms with E-state index in [1.54, 1.807) is 6.92 Å². The minimum atomic E-state index is -0.816.